The Morgan fingerprint density at radius 1 is 1.25 bits per heavy atom. The maximum absolute atomic E-state index is 4.64. The van der Waals surface area contributed by atoms with Gasteiger partial charge in [0.15, 0.2) is 0 Å². The standard InChI is InChI=1S/C13H25N3/c1-9(2)14-8-12-10(3)15-16(11(12)4)13(5,6)7/h9,14H,8H2,1-7H3. The zero-order valence-corrected chi connectivity index (χ0v) is 11.7. The largest absolute Gasteiger partial charge is 0.310 e. The summed E-state index contributed by atoms with van der Waals surface area (Å²) in [6.07, 6.45) is 0. The molecular formula is C13H25N3. The average molecular weight is 223 g/mol. The van der Waals surface area contributed by atoms with Crippen molar-refractivity contribution < 1.29 is 0 Å². The lowest BCUT2D eigenvalue weighted by molar-refractivity contribution is 0.346. The van der Waals surface area contributed by atoms with Crippen LogP contribution in [-0.2, 0) is 12.1 Å². The van der Waals surface area contributed by atoms with E-state index in [0.717, 1.165) is 12.2 Å². The lowest BCUT2D eigenvalue weighted by atomic mass is 10.1. The summed E-state index contributed by atoms with van der Waals surface area (Å²) in [5, 5.41) is 8.09. The fourth-order valence-corrected chi connectivity index (χ4v) is 1.89. The zero-order chi connectivity index (χ0) is 12.5. The molecule has 0 spiro atoms. The van der Waals surface area contributed by atoms with Gasteiger partial charge in [0.25, 0.3) is 0 Å². The summed E-state index contributed by atoms with van der Waals surface area (Å²) in [6, 6.07) is 0.511. The Hall–Kier alpha value is -0.830. The van der Waals surface area contributed by atoms with Crippen LogP contribution in [0.25, 0.3) is 0 Å². The average Bonchev–Trinajstić information content (AvgIpc) is 2.38. The fourth-order valence-electron chi connectivity index (χ4n) is 1.89. The van der Waals surface area contributed by atoms with Gasteiger partial charge in [-0.2, -0.15) is 5.10 Å². The second-order valence-corrected chi connectivity index (χ2v) is 5.77. The lowest BCUT2D eigenvalue weighted by Gasteiger charge is -2.21. The molecule has 1 N–H and O–H groups in total. The van der Waals surface area contributed by atoms with E-state index in [4.69, 9.17) is 0 Å². The third-order valence-corrected chi connectivity index (χ3v) is 2.76. The first-order chi connectivity index (χ1) is 7.23. The van der Waals surface area contributed by atoms with E-state index in [2.05, 4.69) is 63.6 Å². The molecule has 1 aromatic heterocycles. The molecule has 0 unspecified atom stereocenters. The molecule has 1 rings (SSSR count). The molecule has 0 aliphatic carbocycles. The summed E-state index contributed by atoms with van der Waals surface area (Å²) >= 11 is 0. The van der Waals surface area contributed by atoms with Gasteiger partial charge >= 0.3 is 0 Å². The molecule has 0 aliphatic rings. The Morgan fingerprint density at radius 3 is 2.19 bits per heavy atom. The molecular weight excluding hydrogens is 198 g/mol. The summed E-state index contributed by atoms with van der Waals surface area (Å²) in [5.74, 6) is 0. The van der Waals surface area contributed by atoms with E-state index >= 15 is 0 Å². The number of aryl methyl sites for hydroxylation is 1. The van der Waals surface area contributed by atoms with E-state index in [-0.39, 0.29) is 5.54 Å². The molecule has 0 aromatic carbocycles. The van der Waals surface area contributed by atoms with E-state index in [0.29, 0.717) is 6.04 Å². The number of hydrogen-bond donors (Lipinski definition) is 1. The summed E-state index contributed by atoms with van der Waals surface area (Å²) < 4.78 is 2.12. The number of hydrogen-bond acceptors (Lipinski definition) is 2. The molecule has 0 bridgehead atoms. The zero-order valence-electron chi connectivity index (χ0n) is 11.7. The van der Waals surface area contributed by atoms with Crippen LogP contribution in [0, 0.1) is 13.8 Å². The Labute approximate surface area is 99.2 Å². The molecule has 0 saturated heterocycles. The van der Waals surface area contributed by atoms with E-state index in [1.54, 1.807) is 0 Å². The van der Waals surface area contributed by atoms with E-state index in [1.807, 2.05) is 0 Å². The van der Waals surface area contributed by atoms with Crippen LogP contribution >= 0.6 is 0 Å². The predicted molar refractivity (Wildman–Crippen MR) is 68.7 cm³/mol. The van der Waals surface area contributed by atoms with Crippen LogP contribution in [0.1, 0.15) is 51.6 Å². The smallest absolute Gasteiger partial charge is 0.0641 e. The van der Waals surface area contributed by atoms with Crippen molar-refractivity contribution >= 4 is 0 Å². The van der Waals surface area contributed by atoms with Crippen LogP contribution in [0.15, 0.2) is 0 Å². The van der Waals surface area contributed by atoms with Crippen molar-refractivity contribution in [3.8, 4) is 0 Å². The van der Waals surface area contributed by atoms with Gasteiger partial charge < -0.3 is 5.32 Å². The molecule has 0 atom stereocenters. The van der Waals surface area contributed by atoms with Gasteiger partial charge in [-0.25, -0.2) is 0 Å². The highest BCUT2D eigenvalue weighted by Crippen LogP contribution is 2.21. The maximum Gasteiger partial charge on any atom is 0.0641 e. The van der Waals surface area contributed by atoms with Crippen molar-refractivity contribution in [1.82, 2.24) is 15.1 Å². The third kappa shape index (κ3) is 2.85. The molecule has 16 heavy (non-hydrogen) atoms. The van der Waals surface area contributed by atoms with Crippen molar-refractivity contribution in [1.29, 1.82) is 0 Å². The Balaban J connectivity index is 2.99. The second-order valence-electron chi connectivity index (χ2n) is 5.77. The molecule has 0 saturated carbocycles. The fraction of sp³-hybridized carbons (Fsp3) is 0.769. The lowest BCUT2D eigenvalue weighted by Crippen LogP contribution is -2.25. The summed E-state index contributed by atoms with van der Waals surface area (Å²) in [7, 11) is 0. The van der Waals surface area contributed by atoms with Crippen molar-refractivity contribution in [2.75, 3.05) is 0 Å². The monoisotopic (exact) mass is 223 g/mol. The van der Waals surface area contributed by atoms with Gasteiger partial charge in [-0.3, -0.25) is 4.68 Å². The SMILES string of the molecule is Cc1nn(C(C)(C)C)c(C)c1CNC(C)C. The topological polar surface area (TPSA) is 29.9 Å². The number of nitrogens with one attached hydrogen (secondary N) is 1. The Bertz CT molecular complexity index is 356. The van der Waals surface area contributed by atoms with E-state index in [1.165, 1.54) is 11.3 Å². The van der Waals surface area contributed by atoms with Gasteiger partial charge in [0.05, 0.1) is 11.2 Å². The minimum atomic E-state index is 0.0604. The Morgan fingerprint density at radius 2 is 1.81 bits per heavy atom. The van der Waals surface area contributed by atoms with Crippen LogP contribution in [-0.4, -0.2) is 15.8 Å². The highest BCUT2D eigenvalue weighted by molar-refractivity contribution is 5.25. The molecule has 0 amide bonds. The molecule has 0 aliphatic heterocycles. The Kier molecular flexibility index (Phi) is 3.79. The van der Waals surface area contributed by atoms with Gasteiger partial charge in [-0.15, -0.1) is 0 Å². The van der Waals surface area contributed by atoms with Crippen molar-refractivity contribution in [3.05, 3.63) is 17.0 Å². The van der Waals surface area contributed by atoms with Gasteiger partial charge in [-0.05, 0) is 34.6 Å². The molecule has 0 radical (unpaired) electrons. The van der Waals surface area contributed by atoms with Crippen LogP contribution in [0.3, 0.4) is 0 Å². The summed E-state index contributed by atoms with van der Waals surface area (Å²) in [5.41, 5.74) is 3.81. The second kappa shape index (κ2) is 4.58. The molecule has 3 heteroatoms. The number of rotatable bonds is 3. The van der Waals surface area contributed by atoms with Crippen LogP contribution < -0.4 is 5.32 Å². The van der Waals surface area contributed by atoms with Crippen LogP contribution in [0.4, 0.5) is 0 Å². The first-order valence-corrected chi connectivity index (χ1v) is 6.02. The van der Waals surface area contributed by atoms with Gasteiger partial charge in [0, 0.05) is 23.8 Å². The highest BCUT2D eigenvalue weighted by atomic mass is 15.3. The normalized spacial score (nSPS) is 12.5. The first kappa shape index (κ1) is 13.2. The van der Waals surface area contributed by atoms with Crippen molar-refractivity contribution in [3.63, 3.8) is 0 Å². The quantitative estimate of drug-likeness (QED) is 0.854. The summed E-state index contributed by atoms with van der Waals surface area (Å²) in [6.45, 7) is 16.0. The van der Waals surface area contributed by atoms with E-state index < -0.39 is 0 Å². The third-order valence-electron chi connectivity index (χ3n) is 2.76. The number of aromatic nitrogens is 2. The van der Waals surface area contributed by atoms with Crippen molar-refractivity contribution in [2.24, 2.45) is 0 Å². The first-order valence-electron chi connectivity index (χ1n) is 6.02. The van der Waals surface area contributed by atoms with Crippen LogP contribution in [0.2, 0.25) is 0 Å². The molecule has 1 heterocycles. The minimum absolute atomic E-state index is 0.0604. The summed E-state index contributed by atoms with van der Waals surface area (Å²) in [4.78, 5) is 0. The molecule has 3 nitrogen and oxygen atoms in total. The van der Waals surface area contributed by atoms with E-state index in [9.17, 15) is 0 Å². The predicted octanol–water partition coefficient (Wildman–Crippen LogP) is 2.75. The van der Waals surface area contributed by atoms with Crippen molar-refractivity contribution in [2.45, 2.75) is 66.6 Å². The maximum atomic E-state index is 4.64. The molecule has 92 valence electrons. The van der Waals surface area contributed by atoms with Gasteiger partial charge in [0.2, 0.25) is 0 Å². The highest BCUT2D eigenvalue weighted by Gasteiger charge is 2.20. The van der Waals surface area contributed by atoms with Gasteiger partial charge in [-0.1, -0.05) is 13.8 Å². The van der Waals surface area contributed by atoms with Gasteiger partial charge in [0.1, 0.15) is 0 Å². The minimum Gasteiger partial charge on any atom is -0.310 e. The number of nitrogens with zero attached hydrogens (tertiary/aromatic N) is 2. The molecule has 0 fully saturated rings. The van der Waals surface area contributed by atoms with Crippen LogP contribution in [0.5, 0.6) is 0 Å². The molecule has 1 aromatic rings.